The third kappa shape index (κ3) is 3.57. The lowest BCUT2D eigenvalue weighted by molar-refractivity contribution is 0.538. The summed E-state index contributed by atoms with van der Waals surface area (Å²) >= 11 is 0. The molecule has 0 spiro atoms. The first-order valence-electron chi connectivity index (χ1n) is 8.37. The third-order valence-corrected chi connectivity index (χ3v) is 4.67. The molecule has 2 aromatic carbocycles. The van der Waals surface area contributed by atoms with Crippen molar-refractivity contribution in [3.8, 4) is 0 Å². The molecule has 1 unspecified atom stereocenters. The SMILES string of the molecule is CCC1CCC(=C(C=Cc2ccccc2)c2ccccc2)C1. The van der Waals surface area contributed by atoms with Crippen LogP contribution < -0.4 is 0 Å². The minimum atomic E-state index is 0.874. The maximum atomic E-state index is 2.32. The van der Waals surface area contributed by atoms with Gasteiger partial charge in [-0.05, 0) is 41.9 Å². The van der Waals surface area contributed by atoms with Crippen molar-refractivity contribution in [2.24, 2.45) is 5.92 Å². The average molecular weight is 288 g/mol. The van der Waals surface area contributed by atoms with E-state index in [0.717, 1.165) is 5.92 Å². The second kappa shape index (κ2) is 7.26. The molecule has 0 saturated heterocycles. The van der Waals surface area contributed by atoms with Crippen molar-refractivity contribution in [3.63, 3.8) is 0 Å². The van der Waals surface area contributed by atoms with Crippen LogP contribution in [0.3, 0.4) is 0 Å². The summed E-state index contributed by atoms with van der Waals surface area (Å²) in [5.41, 5.74) is 5.67. The molecule has 22 heavy (non-hydrogen) atoms. The summed E-state index contributed by atoms with van der Waals surface area (Å²) in [6, 6.07) is 21.4. The van der Waals surface area contributed by atoms with Gasteiger partial charge in [-0.25, -0.2) is 0 Å². The Balaban J connectivity index is 1.94. The van der Waals surface area contributed by atoms with Crippen molar-refractivity contribution in [1.29, 1.82) is 0 Å². The Kier molecular flexibility index (Phi) is 4.90. The van der Waals surface area contributed by atoms with Crippen molar-refractivity contribution >= 4 is 11.6 Å². The highest BCUT2D eigenvalue weighted by Gasteiger charge is 2.20. The normalized spacial score (nSPS) is 20.5. The predicted octanol–water partition coefficient (Wildman–Crippen LogP) is 6.36. The van der Waals surface area contributed by atoms with Crippen molar-refractivity contribution in [2.75, 3.05) is 0 Å². The molecule has 0 bridgehead atoms. The van der Waals surface area contributed by atoms with Crippen molar-refractivity contribution < 1.29 is 0 Å². The van der Waals surface area contributed by atoms with Gasteiger partial charge in [0.2, 0.25) is 0 Å². The number of hydrogen-bond acceptors (Lipinski definition) is 0. The van der Waals surface area contributed by atoms with Crippen LogP contribution in [0.2, 0.25) is 0 Å². The Bertz CT molecular complexity index is 647. The lowest BCUT2D eigenvalue weighted by atomic mass is 9.96. The smallest absolute Gasteiger partial charge is 0.0184 e. The zero-order valence-electron chi connectivity index (χ0n) is 13.3. The van der Waals surface area contributed by atoms with Crippen LogP contribution in [-0.4, -0.2) is 0 Å². The lowest BCUT2D eigenvalue weighted by Gasteiger charge is -2.09. The molecule has 0 N–H and O–H groups in total. The molecule has 112 valence electrons. The molecule has 3 rings (SSSR count). The second-order valence-corrected chi connectivity index (χ2v) is 6.14. The fourth-order valence-electron chi connectivity index (χ4n) is 3.30. The van der Waals surface area contributed by atoms with Gasteiger partial charge >= 0.3 is 0 Å². The van der Waals surface area contributed by atoms with E-state index in [2.05, 4.69) is 79.7 Å². The zero-order chi connectivity index (χ0) is 15.2. The van der Waals surface area contributed by atoms with Crippen molar-refractivity contribution in [3.05, 3.63) is 83.4 Å². The van der Waals surface area contributed by atoms with E-state index in [-0.39, 0.29) is 0 Å². The van der Waals surface area contributed by atoms with Crippen LogP contribution in [0, 0.1) is 5.92 Å². The molecular formula is C22H24. The Morgan fingerprint density at radius 1 is 1.00 bits per heavy atom. The molecular weight excluding hydrogens is 264 g/mol. The van der Waals surface area contributed by atoms with Gasteiger partial charge in [-0.15, -0.1) is 0 Å². The molecule has 0 amide bonds. The van der Waals surface area contributed by atoms with Crippen LogP contribution in [0.1, 0.15) is 43.7 Å². The molecule has 1 fully saturated rings. The Labute approximate surface area is 134 Å². The Hall–Kier alpha value is -2.08. The molecule has 1 aliphatic rings. The fraction of sp³-hybridized carbons (Fsp3) is 0.273. The van der Waals surface area contributed by atoms with Crippen LogP contribution in [-0.2, 0) is 0 Å². The molecule has 2 aromatic rings. The van der Waals surface area contributed by atoms with Gasteiger partial charge < -0.3 is 0 Å². The minimum Gasteiger partial charge on any atom is -0.0651 e. The van der Waals surface area contributed by atoms with Crippen molar-refractivity contribution in [1.82, 2.24) is 0 Å². The molecule has 1 saturated carbocycles. The highest BCUT2D eigenvalue weighted by atomic mass is 14.3. The molecule has 1 atom stereocenters. The summed E-state index contributed by atoms with van der Waals surface area (Å²) < 4.78 is 0. The van der Waals surface area contributed by atoms with E-state index in [9.17, 15) is 0 Å². The second-order valence-electron chi connectivity index (χ2n) is 6.14. The number of allylic oxidation sites excluding steroid dienone is 3. The van der Waals surface area contributed by atoms with E-state index in [0.29, 0.717) is 0 Å². The summed E-state index contributed by atoms with van der Waals surface area (Å²) in [5.74, 6) is 0.874. The number of benzene rings is 2. The molecule has 0 aromatic heterocycles. The topological polar surface area (TPSA) is 0 Å². The number of hydrogen-bond donors (Lipinski definition) is 0. The van der Waals surface area contributed by atoms with Crippen LogP contribution >= 0.6 is 0 Å². The van der Waals surface area contributed by atoms with E-state index in [4.69, 9.17) is 0 Å². The van der Waals surface area contributed by atoms with Gasteiger partial charge in [0, 0.05) is 0 Å². The summed E-state index contributed by atoms with van der Waals surface area (Å²) in [7, 11) is 0. The standard InChI is InChI=1S/C22H24/c1-2-18-13-15-21(17-18)22(20-11-7-4-8-12-20)16-14-19-9-5-3-6-10-19/h3-12,14,16,18H,2,13,15,17H2,1H3. The first-order chi connectivity index (χ1) is 10.9. The quantitative estimate of drug-likeness (QED) is 0.613. The van der Waals surface area contributed by atoms with Gasteiger partial charge in [-0.1, -0.05) is 91.7 Å². The predicted molar refractivity (Wildman–Crippen MR) is 96.5 cm³/mol. The maximum absolute atomic E-state index is 2.32. The maximum Gasteiger partial charge on any atom is -0.0184 e. The highest BCUT2D eigenvalue weighted by Crippen LogP contribution is 2.37. The molecule has 1 aliphatic carbocycles. The molecule has 0 aliphatic heterocycles. The molecule has 0 nitrogen and oxygen atoms in total. The van der Waals surface area contributed by atoms with Gasteiger partial charge in [0.1, 0.15) is 0 Å². The highest BCUT2D eigenvalue weighted by molar-refractivity contribution is 5.81. The number of rotatable bonds is 4. The van der Waals surface area contributed by atoms with Crippen molar-refractivity contribution in [2.45, 2.75) is 32.6 Å². The van der Waals surface area contributed by atoms with E-state index in [1.54, 1.807) is 5.57 Å². The van der Waals surface area contributed by atoms with E-state index >= 15 is 0 Å². The first-order valence-corrected chi connectivity index (χ1v) is 8.37. The monoisotopic (exact) mass is 288 g/mol. The fourth-order valence-corrected chi connectivity index (χ4v) is 3.30. The zero-order valence-corrected chi connectivity index (χ0v) is 13.3. The third-order valence-electron chi connectivity index (χ3n) is 4.67. The van der Waals surface area contributed by atoms with Crippen LogP contribution in [0.15, 0.2) is 72.3 Å². The summed E-state index contributed by atoms with van der Waals surface area (Å²) in [6.07, 6.45) is 9.73. The van der Waals surface area contributed by atoms with Gasteiger partial charge in [0.25, 0.3) is 0 Å². The molecule has 0 heteroatoms. The molecule has 0 radical (unpaired) electrons. The largest absolute Gasteiger partial charge is 0.0651 e. The van der Waals surface area contributed by atoms with Gasteiger partial charge in [-0.3, -0.25) is 0 Å². The average Bonchev–Trinajstić information content (AvgIpc) is 3.06. The van der Waals surface area contributed by atoms with Crippen LogP contribution in [0.5, 0.6) is 0 Å². The Morgan fingerprint density at radius 3 is 2.32 bits per heavy atom. The van der Waals surface area contributed by atoms with E-state index in [1.165, 1.54) is 42.4 Å². The van der Waals surface area contributed by atoms with Crippen LogP contribution in [0.4, 0.5) is 0 Å². The van der Waals surface area contributed by atoms with E-state index < -0.39 is 0 Å². The van der Waals surface area contributed by atoms with Gasteiger partial charge in [-0.2, -0.15) is 0 Å². The lowest BCUT2D eigenvalue weighted by Crippen LogP contribution is -1.90. The summed E-state index contributed by atoms with van der Waals surface area (Å²) in [4.78, 5) is 0. The molecule has 0 heterocycles. The first kappa shape index (κ1) is 14.8. The van der Waals surface area contributed by atoms with E-state index in [1.807, 2.05) is 0 Å². The summed E-state index contributed by atoms with van der Waals surface area (Å²) in [5, 5.41) is 0. The Morgan fingerprint density at radius 2 is 1.68 bits per heavy atom. The minimum absolute atomic E-state index is 0.874. The summed E-state index contributed by atoms with van der Waals surface area (Å²) in [6.45, 7) is 2.32. The van der Waals surface area contributed by atoms with Gasteiger partial charge in [0.05, 0.1) is 0 Å². The van der Waals surface area contributed by atoms with Gasteiger partial charge in [0.15, 0.2) is 0 Å². The van der Waals surface area contributed by atoms with Crippen LogP contribution in [0.25, 0.3) is 11.6 Å².